The fraction of sp³-hybridized carbons (Fsp3) is 0.600. The molecule has 0 radical (unpaired) electrons. The maximum atomic E-state index is 5.77. The number of hydrogen-bond acceptors (Lipinski definition) is 1. The Bertz CT molecular complexity index is 320. The minimum atomic E-state index is -0.654. The predicted octanol–water partition coefficient (Wildman–Crippen LogP) is 3.42. The highest BCUT2D eigenvalue weighted by molar-refractivity contribution is 6.70. The molecule has 0 N–H and O–H groups in total. The van der Waals surface area contributed by atoms with Gasteiger partial charge >= 0.3 is 0 Å². The first-order chi connectivity index (χ1) is 8.59. The van der Waals surface area contributed by atoms with E-state index in [0.717, 1.165) is 12.4 Å². The smallest absolute Gasteiger partial charge is 0.119 e. The molecule has 1 nitrogen and oxygen atoms in total. The third-order valence-corrected chi connectivity index (χ3v) is 6.52. The molecule has 102 valence electrons. The summed E-state index contributed by atoms with van der Waals surface area (Å²) in [7, 11) is -0.988. The van der Waals surface area contributed by atoms with Crippen LogP contribution in [0.3, 0.4) is 0 Å². The molecule has 18 heavy (non-hydrogen) atoms. The van der Waals surface area contributed by atoms with Crippen LogP contribution in [-0.2, 0) is 0 Å². The molecule has 0 saturated heterocycles. The van der Waals surface area contributed by atoms with Crippen molar-refractivity contribution >= 4 is 22.8 Å². The third-order valence-electron chi connectivity index (χ3n) is 3.24. The van der Waals surface area contributed by atoms with E-state index >= 15 is 0 Å². The molecule has 0 saturated carbocycles. The quantitative estimate of drug-likeness (QED) is 0.524. The van der Waals surface area contributed by atoms with E-state index in [0.29, 0.717) is 0 Å². The Labute approximate surface area is 116 Å². The Kier molecular flexibility index (Phi) is 7.36. The molecule has 0 fully saturated rings. The lowest BCUT2D eigenvalue weighted by Crippen LogP contribution is -2.21. The second kappa shape index (κ2) is 8.54. The summed E-state index contributed by atoms with van der Waals surface area (Å²) in [6.45, 7) is 10.4. The van der Waals surface area contributed by atoms with Crippen LogP contribution >= 0.6 is 0 Å². The largest absolute Gasteiger partial charge is 0.494 e. The molecule has 1 aromatic rings. The van der Waals surface area contributed by atoms with E-state index in [1.54, 1.807) is 0 Å². The Hall–Kier alpha value is -0.546. The summed E-state index contributed by atoms with van der Waals surface area (Å²) in [5.74, 6) is 1.03. The van der Waals surface area contributed by atoms with Gasteiger partial charge in [-0.2, -0.15) is 0 Å². The zero-order valence-corrected chi connectivity index (χ0v) is 14.7. The lowest BCUT2D eigenvalue weighted by molar-refractivity contribution is 0.306. The van der Waals surface area contributed by atoms with Gasteiger partial charge in [0.05, 0.1) is 15.4 Å². The summed E-state index contributed by atoms with van der Waals surface area (Å²) < 4.78 is 5.77. The molecule has 1 aromatic carbocycles. The van der Waals surface area contributed by atoms with Crippen LogP contribution < -0.4 is 9.92 Å². The van der Waals surface area contributed by atoms with Crippen molar-refractivity contribution in [1.29, 1.82) is 0 Å². The van der Waals surface area contributed by atoms with Crippen molar-refractivity contribution < 1.29 is 4.74 Å². The summed E-state index contributed by atoms with van der Waals surface area (Å²) in [4.78, 5) is 0. The predicted molar refractivity (Wildman–Crippen MR) is 88.0 cm³/mol. The molecule has 0 spiro atoms. The van der Waals surface area contributed by atoms with Crippen LogP contribution in [0.5, 0.6) is 5.75 Å². The zero-order valence-electron chi connectivity index (χ0n) is 12.4. The lowest BCUT2D eigenvalue weighted by atomic mass is 10.2. The number of ether oxygens (including phenoxy) is 1. The van der Waals surface area contributed by atoms with Crippen molar-refractivity contribution in [1.82, 2.24) is 0 Å². The van der Waals surface area contributed by atoms with Crippen LogP contribution in [0.4, 0.5) is 0 Å². The van der Waals surface area contributed by atoms with Crippen LogP contribution in [-0.4, -0.2) is 24.2 Å². The van der Waals surface area contributed by atoms with Crippen molar-refractivity contribution in [2.24, 2.45) is 0 Å². The van der Waals surface area contributed by atoms with Crippen molar-refractivity contribution in [2.45, 2.75) is 51.5 Å². The second-order valence-electron chi connectivity index (χ2n) is 5.82. The van der Waals surface area contributed by atoms with Crippen molar-refractivity contribution in [3.63, 3.8) is 0 Å². The summed E-state index contributed by atoms with van der Waals surface area (Å²) in [5.41, 5.74) is 0. The van der Waals surface area contributed by atoms with E-state index in [9.17, 15) is 0 Å². The van der Waals surface area contributed by atoms with Crippen molar-refractivity contribution in [3.8, 4) is 5.75 Å². The van der Waals surface area contributed by atoms with Gasteiger partial charge in [0.2, 0.25) is 0 Å². The molecule has 0 bridgehead atoms. The van der Waals surface area contributed by atoms with Gasteiger partial charge in [0.15, 0.2) is 0 Å². The average Bonchev–Trinajstić information content (AvgIpc) is 2.34. The van der Waals surface area contributed by atoms with Crippen LogP contribution in [0.1, 0.15) is 19.3 Å². The minimum absolute atomic E-state index is 0.334. The van der Waals surface area contributed by atoms with Gasteiger partial charge < -0.3 is 4.74 Å². The number of unbranched alkanes of at least 4 members (excludes halogenated alkanes) is 2. The molecule has 0 aliphatic carbocycles. The van der Waals surface area contributed by atoms with E-state index in [-0.39, 0.29) is 8.80 Å². The maximum Gasteiger partial charge on any atom is 0.119 e. The lowest BCUT2D eigenvalue weighted by Gasteiger charge is -2.08. The van der Waals surface area contributed by atoms with Crippen LogP contribution in [0, 0.1) is 0 Å². The standard InChI is InChI=1S/C15H28OSi2/c1-17(2)13-7-5-6-12-16-14-8-10-15(11-9-14)18(3)4/h8-11,17-18H,5-7,12-13H2,1-4H3. The van der Waals surface area contributed by atoms with E-state index in [1.807, 2.05) is 0 Å². The molecule has 0 aromatic heterocycles. The second-order valence-corrected chi connectivity index (χ2v) is 12.2. The molecule has 0 aliphatic rings. The van der Waals surface area contributed by atoms with E-state index in [4.69, 9.17) is 4.74 Å². The molecule has 0 atom stereocenters. The number of hydrogen-bond donors (Lipinski definition) is 0. The van der Waals surface area contributed by atoms with Gasteiger partial charge in [-0.3, -0.25) is 0 Å². The van der Waals surface area contributed by atoms with E-state index in [2.05, 4.69) is 50.5 Å². The highest BCUT2D eigenvalue weighted by Crippen LogP contribution is 2.10. The fourth-order valence-electron chi connectivity index (χ4n) is 1.97. The van der Waals surface area contributed by atoms with Gasteiger partial charge in [-0.1, -0.05) is 62.4 Å². The van der Waals surface area contributed by atoms with Gasteiger partial charge in [-0.05, 0) is 18.6 Å². The molecule has 3 heteroatoms. The first kappa shape index (κ1) is 15.5. The summed E-state index contributed by atoms with van der Waals surface area (Å²) in [6, 6.07) is 10.2. The molecular weight excluding hydrogens is 252 g/mol. The number of benzene rings is 1. The van der Waals surface area contributed by atoms with Crippen molar-refractivity contribution in [3.05, 3.63) is 24.3 Å². The van der Waals surface area contributed by atoms with E-state index < -0.39 is 8.80 Å². The van der Waals surface area contributed by atoms with Crippen LogP contribution in [0.25, 0.3) is 0 Å². The molecular formula is C15H28OSi2. The topological polar surface area (TPSA) is 9.23 Å². The molecule has 1 rings (SSSR count). The molecule has 0 unspecified atom stereocenters. The number of rotatable bonds is 8. The monoisotopic (exact) mass is 280 g/mol. The summed E-state index contributed by atoms with van der Waals surface area (Å²) in [5, 5.41) is 1.52. The maximum absolute atomic E-state index is 5.77. The Balaban J connectivity index is 2.15. The van der Waals surface area contributed by atoms with Gasteiger partial charge in [0.1, 0.15) is 5.75 Å². The van der Waals surface area contributed by atoms with Crippen molar-refractivity contribution in [2.75, 3.05) is 6.61 Å². The zero-order chi connectivity index (χ0) is 13.4. The summed E-state index contributed by atoms with van der Waals surface area (Å²) >= 11 is 0. The normalized spacial score (nSPS) is 11.2. The van der Waals surface area contributed by atoms with Gasteiger partial charge in [0, 0.05) is 8.80 Å². The molecule has 0 heterocycles. The first-order valence-electron chi connectivity index (χ1n) is 7.32. The van der Waals surface area contributed by atoms with E-state index in [1.165, 1.54) is 30.5 Å². The summed E-state index contributed by atoms with van der Waals surface area (Å²) in [6.07, 6.45) is 3.91. The van der Waals surface area contributed by atoms with Crippen LogP contribution in [0.2, 0.25) is 32.2 Å². The van der Waals surface area contributed by atoms with Crippen LogP contribution in [0.15, 0.2) is 24.3 Å². The Morgan fingerprint density at radius 1 is 0.889 bits per heavy atom. The molecule has 0 aliphatic heterocycles. The highest BCUT2D eigenvalue weighted by Gasteiger charge is 2.00. The Morgan fingerprint density at radius 3 is 2.11 bits per heavy atom. The SMILES string of the molecule is C[SiH](C)CCCCCOc1ccc([SiH](C)C)cc1. The molecule has 0 amide bonds. The van der Waals surface area contributed by atoms with Gasteiger partial charge in [0.25, 0.3) is 0 Å². The minimum Gasteiger partial charge on any atom is -0.494 e. The fourth-order valence-corrected chi connectivity index (χ4v) is 4.04. The first-order valence-corrected chi connectivity index (χ1v) is 13.3. The van der Waals surface area contributed by atoms with Gasteiger partial charge in [-0.15, -0.1) is 0 Å². The average molecular weight is 281 g/mol. The third kappa shape index (κ3) is 6.40. The highest BCUT2D eigenvalue weighted by atomic mass is 28.3. The Morgan fingerprint density at radius 2 is 1.56 bits per heavy atom. The van der Waals surface area contributed by atoms with Gasteiger partial charge in [-0.25, -0.2) is 0 Å².